The van der Waals surface area contributed by atoms with Gasteiger partial charge in [0.2, 0.25) is 11.8 Å². The molecule has 0 bridgehead atoms. The number of hydrogen-bond donors (Lipinski definition) is 1. The molecule has 190 valence electrons. The van der Waals surface area contributed by atoms with Gasteiger partial charge in [-0.2, -0.15) is 0 Å². The number of fused-ring (bicyclic) bond motifs is 3. The molecule has 1 fully saturated rings. The summed E-state index contributed by atoms with van der Waals surface area (Å²) in [6, 6.07) is 13.3. The van der Waals surface area contributed by atoms with E-state index >= 15 is 0 Å². The van der Waals surface area contributed by atoms with E-state index in [-0.39, 0.29) is 22.9 Å². The van der Waals surface area contributed by atoms with Crippen molar-refractivity contribution < 1.29 is 18.0 Å². The largest absolute Gasteiger partial charge is 0.356 e. The van der Waals surface area contributed by atoms with Gasteiger partial charge in [-0.15, -0.1) is 11.6 Å². The summed E-state index contributed by atoms with van der Waals surface area (Å²) in [5.41, 5.74) is 3.45. The van der Waals surface area contributed by atoms with Crippen LogP contribution in [-0.4, -0.2) is 66.3 Å². The third-order valence-corrected chi connectivity index (χ3v) is 10.0. The van der Waals surface area contributed by atoms with Crippen molar-refractivity contribution in [2.45, 2.75) is 54.3 Å². The Labute approximate surface area is 216 Å². The van der Waals surface area contributed by atoms with Gasteiger partial charge in [0.25, 0.3) is 0 Å². The Morgan fingerprint density at radius 2 is 1.72 bits per heavy atom. The van der Waals surface area contributed by atoms with Crippen LogP contribution in [0.15, 0.2) is 53.4 Å². The number of nitrogens with one attached hydrogen (secondary N) is 1. The van der Waals surface area contributed by atoms with Gasteiger partial charge in [0.15, 0.2) is 9.84 Å². The predicted octanol–water partition coefficient (Wildman–Crippen LogP) is 4.05. The molecule has 1 aromatic heterocycles. The smallest absolute Gasteiger partial charge is 0.245 e. The first-order valence-electron chi connectivity index (χ1n) is 12.3. The fourth-order valence-corrected chi connectivity index (χ4v) is 7.73. The average molecular weight is 528 g/mol. The molecule has 36 heavy (non-hydrogen) atoms. The second kappa shape index (κ2) is 9.56. The highest BCUT2D eigenvalue weighted by Gasteiger charge is 2.43. The van der Waals surface area contributed by atoms with Gasteiger partial charge in [0, 0.05) is 37.1 Å². The maximum absolute atomic E-state index is 13.3. The van der Waals surface area contributed by atoms with Crippen LogP contribution in [0.5, 0.6) is 0 Å². The van der Waals surface area contributed by atoms with E-state index in [0.29, 0.717) is 24.2 Å². The summed E-state index contributed by atoms with van der Waals surface area (Å²) in [6.07, 6.45) is 3.62. The third-order valence-electron chi connectivity index (χ3n) is 7.53. The fourth-order valence-electron chi connectivity index (χ4n) is 5.73. The van der Waals surface area contributed by atoms with Crippen LogP contribution in [-0.2, 0) is 25.8 Å². The van der Waals surface area contributed by atoms with Gasteiger partial charge in [0.05, 0.1) is 16.2 Å². The summed E-state index contributed by atoms with van der Waals surface area (Å²) in [5.74, 6) is -0.805. The Morgan fingerprint density at radius 1 is 1.06 bits per heavy atom. The van der Waals surface area contributed by atoms with E-state index in [1.165, 1.54) is 4.90 Å². The number of carbonyl (C=O) groups excluding carboxylic acids is 2. The molecule has 5 rings (SSSR count). The standard InChI is InChI=1S/C27H30ClN3O4S/c1-30(2)27(33)23-15-21-20-9-5-6-10-22(20)29-25(21)26(31(23)24(32)16-28)17-11-13-19(14-12-17)36(34,35)18-7-3-4-8-18/h5-6,9-14,18,23,26,29H,3-4,7-8,15-16H2,1-2H3/t23-,26+/m1/s1. The van der Waals surface area contributed by atoms with Crippen molar-refractivity contribution in [2.24, 2.45) is 0 Å². The van der Waals surface area contributed by atoms with Crippen LogP contribution in [0.25, 0.3) is 10.9 Å². The van der Waals surface area contributed by atoms with Gasteiger partial charge in [-0.25, -0.2) is 8.42 Å². The number of aromatic amines is 1. The number of hydrogen-bond acceptors (Lipinski definition) is 4. The first-order chi connectivity index (χ1) is 17.2. The van der Waals surface area contributed by atoms with Crippen LogP contribution >= 0.6 is 11.6 Å². The highest BCUT2D eigenvalue weighted by molar-refractivity contribution is 7.92. The van der Waals surface area contributed by atoms with Crippen molar-refractivity contribution in [2.75, 3.05) is 20.0 Å². The minimum Gasteiger partial charge on any atom is -0.356 e. The molecule has 2 heterocycles. The quantitative estimate of drug-likeness (QED) is 0.507. The molecule has 1 aliphatic heterocycles. The Balaban J connectivity index is 1.65. The number of halogens is 1. The highest BCUT2D eigenvalue weighted by Crippen LogP contribution is 2.42. The lowest BCUT2D eigenvalue weighted by atomic mass is 9.87. The van der Waals surface area contributed by atoms with E-state index in [0.717, 1.165) is 40.6 Å². The van der Waals surface area contributed by atoms with Crippen molar-refractivity contribution >= 4 is 44.2 Å². The van der Waals surface area contributed by atoms with Gasteiger partial charge in [-0.05, 0) is 42.2 Å². The second-order valence-corrected chi connectivity index (χ2v) is 12.4. The van der Waals surface area contributed by atoms with E-state index < -0.39 is 21.9 Å². The number of rotatable bonds is 5. The van der Waals surface area contributed by atoms with Crippen LogP contribution in [0, 0.1) is 0 Å². The zero-order chi connectivity index (χ0) is 25.6. The topological polar surface area (TPSA) is 90.6 Å². The molecule has 2 aliphatic rings. The molecule has 1 N–H and O–H groups in total. The number of alkyl halides is 1. The molecule has 0 spiro atoms. The van der Waals surface area contributed by atoms with Crippen LogP contribution in [0.2, 0.25) is 0 Å². The molecular formula is C27H30ClN3O4S. The number of amides is 2. The van der Waals surface area contributed by atoms with Crippen molar-refractivity contribution in [1.82, 2.24) is 14.8 Å². The van der Waals surface area contributed by atoms with Crippen LogP contribution in [0.1, 0.15) is 48.5 Å². The third kappa shape index (κ3) is 4.10. The van der Waals surface area contributed by atoms with Crippen molar-refractivity contribution in [3.8, 4) is 0 Å². The Bertz CT molecular complexity index is 1410. The van der Waals surface area contributed by atoms with E-state index in [1.54, 1.807) is 43.3 Å². The van der Waals surface area contributed by atoms with Crippen LogP contribution in [0.4, 0.5) is 0 Å². The lowest BCUT2D eigenvalue weighted by Crippen LogP contribution is -2.54. The van der Waals surface area contributed by atoms with Gasteiger partial charge in [0.1, 0.15) is 11.9 Å². The molecule has 0 saturated heterocycles. The zero-order valence-electron chi connectivity index (χ0n) is 20.4. The maximum Gasteiger partial charge on any atom is 0.245 e. The molecule has 2 atom stereocenters. The summed E-state index contributed by atoms with van der Waals surface area (Å²) >= 11 is 6.05. The molecule has 9 heteroatoms. The Hall–Kier alpha value is -2.84. The molecule has 1 saturated carbocycles. The molecule has 2 amide bonds. The molecule has 2 aromatic carbocycles. The van der Waals surface area contributed by atoms with Crippen molar-refractivity contribution in [3.05, 3.63) is 65.4 Å². The summed E-state index contributed by atoms with van der Waals surface area (Å²) in [5, 5.41) is 0.669. The molecular weight excluding hydrogens is 498 g/mol. The SMILES string of the molecule is CN(C)C(=O)[C@H]1Cc2c([nH]c3ccccc23)[C@H](c2ccc(S(=O)(=O)C3CCCC3)cc2)N1C(=O)CCl. The number of nitrogens with zero attached hydrogens (tertiary/aromatic N) is 2. The summed E-state index contributed by atoms with van der Waals surface area (Å²) < 4.78 is 26.3. The number of likely N-dealkylation sites (N-methyl/N-ethyl adjacent to an activating group) is 1. The summed E-state index contributed by atoms with van der Waals surface area (Å²) in [4.78, 5) is 33.4. The zero-order valence-corrected chi connectivity index (χ0v) is 22.0. The predicted molar refractivity (Wildman–Crippen MR) is 140 cm³/mol. The monoisotopic (exact) mass is 527 g/mol. The van der Waals surface area contributed by atoms with Crippen LogP contribution < -0.4 is 0 Å². The van der Waals surface area contributed by atoms with Gasteiger partial charge in [-0.3, -0.25) is 9.59 Å². The average Bonchev–Trinajstić information content (AvgIpc) is 3.55. The number of carbonyl (C=O) groups is 2. The normalized spacial score (nSPS) is 20.5. The van der Waals surface area contributed by atoms with E-state index in [9.17, 15) is 18.0 Å². The number of para-hydroxylation sites is 1. The number of aromatic nitrogens is 1. The van der Waals surface area contributed by atoms with Crippen molar-refractivity contribution in [3.63, 3.8) is 0 Å². The van der Waals surface area contributed by atoms with Crippen molar-refractivity contribution in [1.29, 1.82) is 0 Å². The minimum absolute atomic E-state index is 0.185. The molecule has 7 nitrogen and oxygen atoms in total. The molecule has 0 radical (unpaired) electrons. The second-order valence-electron chi connectivity index (χ2n) is 9.87. The lowest BCUT2D eigenvalue weighted by Gasteiger charge is -2.42. The van der Waals surface area contributed by atoms with Gasteiger partial charge in [-0.1, -0.05) is 43.2 Å². The highest BCUT2D eigenvalue weighted by atomic mass is 35.5. The number of benzene rings is 2. The molecule has 0 unspecified atom stereocenters. The lowest BCUT2D eigenvalue weighted by molar-refractivity contribution is -0.145. The fraction of sp³-hybridized carbons (Fsp3) is 0.407. The summed E-state index contributed by atoms with van der Waals surface area (Å²) in [7, 11) is -0.0580. The summed E-state index contributed by atoms with van der Waals surface area (Å²) in [6.45, 7) is 0. The van der Waals surface area contributed by atoms with Crippen LogP contribution in [0.3, 0.4) is 0 Å². The van der Waals surface area contributed by atoms with Gasteiger partial charge >= 0.3 is 0 Å². The number of sulfone groups is 1. The Kier molecular flexibility index (Phi) is 6.59. The molecule has 3 aromatic rings. The number of H-pyrrole nitrogens is 1. The van der Waals surface area contributed by atoms with Gasteiger partial charge < -0.3 is 14.8 Å². The first kappa shape index (κ1) is 24.8. The van der Waals surface area contributed by atoms with E-state index in [1.807, 2.05) is 24.3 Å². The Morgan fingerprint density at radius 3 is 2.36 bits per heavy atom. The first-order valence-corrected chi connectivity index (χ1v) is 14.3. The van der Waals surface area contributed by atoms with E-state index in [4.69, 9.17) is 11.6 Å². The van der Waals surface area contributed by atoms with E-state index in [2.05, 4.69) is 4.98 Å². The maximum atomic E-state index is 13.3. The minimum atomic E-state index is -3.41. The molecule has 1 aliphatic carbocycles.